The third-order valence-corrected chi connectivity index (χ3v) is 4.33. The van der Waals surface area contributed by atoms with E-state index in [0.717, 1.165) is 12.8 Å². The molecule has 0 rings (SSSR count). The van der Waals surface area contributed by atoms with Crippen LogP contribution in [0.1, 0.15) is 47.0 Å². The molecule has 3 heteroatoms. The van der Waals surface area contributed by atoms with Crippen LogP contribution in [0.15, 0.2) is 0 Å². The SMILES string of the molecule is CC#CC(C)(C)C(CCl)(CCCC)O[SiH3]. The highest BCUT2D eigenvalue weighted by Crippen LogP contribution is 2.38. The molecular weight excluding hydrogens is 224 g/mol. The predicted octanol–water partition coefficient (Wildman–Crippen LogP) is 2.50. The van der Waals surface area contributed by atoms with Crippen molar-refractivity contribution in [3.63, 3.8) is 0 Å². The molecule has 88 valence electrons. The van der Waals surface area contributed by atoms with E-state index in [-0.39, 0.29) is 11.0 Å². The van der Waals surface area contributed by atoms with Crippen molar-refractivity contribution in [3.05, 3.63) is 0 Å². The molecule has 0 amide bonds. The Bertz CT molecular complexity index is 236. The first-order chi connectivity index (χ1) is 6.99. The lowest BCUT2D eigenvalue weighted by atomic mass is 9.73. The maximum Gasteiger partial charge on any atom is 0.146 e. The van der Waals surface area contributed by atoms with E-state index >= 15 is 0 Å². The van der Waals surface area contributed by atoms with Crippen LogP contribution in [-0.4, -0.2) is 22.0 Å². The van der Waals surface area contributed by atoms with Crippen molar-refractivity contribution in [2.75, 3.05) is 5.88 Å². The zero-order valence-electron chi connectivity index (χ0n) is 10.6. The van der Waals surface area contributed by atoms with Crippen molar-refractivity contribution in [3.8, 4) is 11.8 Å². The number of alkyl halides is 1. The second kappa shape index (κ2) is 6.58. The number of rotatable bonds is 6. The third-order valence-electron chi connectivity index (χ3n) is 3.12. The molecule has 0 heterocycles. The fraction of sp³-hybridized carbons (Fsp3) is 0.833. The summed E-state index contributed by atoms with van der Waals surface area (Å²) in [5.74, 6) is 6.75. The third kappa shape index (κ3) is 3.51. The van der Waals surface area contributed by atoms with Crippen LogP contribution in [0.3, 0.4) is 0 Å². The lowest BCUT2D eigenvalue weighted by molar-refractivity contribution is 0.00666. The summed E-state index contributed by atoms with van der Waals surface area (Å²) in [5, 5.41) is 0. The molecule has 1 atom stereocenters. The van der Waals surface area contributed by atoms with Gasteiger partial charge in [-0.1, -0.05) is 25.7 Å². The molecule has 0 fully saturated rings. The van der Waals surface area contributed by atoms with E-state index in [2.05, 4.69) is 32.6 Å². The predicted molar refractivity (Wildman–Crippen MR) is 71.2 cm³/mol. The molecule has 0 aliphatic rings. The van der Waals surface area contributed by atoms with Crippen LogP contribution >= 0.6 is 11.6 Å². The summed E-state index contributed by atoms with van der Waals surface area (Å²) in [7, 11) is 0.708. The summed E-state index contributed by atoms with van der Waals surface area (Å²) in [4.78, 5) is 0. The molecule has 0 saturated carbocycles. The van der Waals surface area contributed by atoms with Crippen LogP contribution in [0, 0.1) is 17.3 Å². The van der Waals surface area contributed by atoms with Crippen molar-refractivity contribution >= 4 is 22.1 Å². The smallest absolute Gasteiger partial charge is 0.146 e. The van der Waals surface area contributed by atoms with Gasteiger partial charge in [0, 0.05) is 0 Å². The minimum Gasteiger partial charge on any atom is -0.420 e. The lowest BCUT2D eigenvalue weighted by Crippen LogP contribution is -2.48. The van der Waals surface area contributed by atoms with Gasteiger partial charge in [0.05, 0.1) is 16.9 Å². The molecule has 0 saturated heterocycles. The fourth-order valence-corrected chi connectivity index (χ4v) is 3.47. The molecule has 1 nitrogen and oxygen atoms in total. The Morgan fingerprint density at radius 2 is 2.00 bits per heavy atom. The van der Waals surface area contributed by atoms with Crippen LogP contribution in [0.2, 0.25) is 0 Å². The fourth-order valence-electron chi connectivity index (χ4n) is 1.85. The Hall–Kier alpha value is 0.0269. The van der Waals surface area contributed by atoms with E-state index in [4.69, 9.17) is 16.0 Å². The molecule has 0 radical (unpaired) electrons. The number of hydrogen-bond donors (Lipinski definition) is 0. The molecule has 1 unspecified atom stereocenters. The molecule has 0 spiro atoms. The van der Waals surface area contributed by atoms with Crippen molar-refractivity contribution in [1.82, 2.24) is 0 Å². The molecule has 0 aliphatic carbocycles. The van der Waals surface area contributed by atoms with E-state index in [9.17, 15) is 0 Å². The summed E-state index contributed by atoms with van der Waals surface area (Å²) in [6.07, 6.45) is 3.31. The first kappa shape index (κ1) is 15.0. The number of hydrogen-bond acceptors (Lipinski definition) is 1. The summed E-state index contributed by atoms with van der Waals surface area (Å²) in [5.41, 5.74) is -0.430. The summed E-state index contributed by atoms with van der Waals surface area (Å²) < 4.78 is 5.81. The number of unbranched alkanes of at least 4 members (excludes halogenated alkanes) is 1. The molecular formula is C12H23ClOSi. The van der Waals surface area contributed by atoms with Crippen LogP contribution in [0.25, 0.3) is 0 Å². The maximum absolute atomic E-state index is 6.11. The van der Waals surface area contributed by atoms with Gasteiger partial charge in [-0.25, -0.2) is 0 Å². The van der Waals surface area contributed by atoms with Gasteiger partial charge in [-0.05, 0) is 27.2 Å². The van der Waals surface area contributed by atoms with Crippen LogP contribution in [-0.2, 0) is 4.43 Å². The topological polar surface area (TPSA) is 9.23 Å². The zero-order chi connectivity index (χ0) is 11.9. The van der Waals surface area contributed by atoms with Gasteiger partial charge < -0.3 is 4.43 Å². The largest absolute Gasteiger partial charge is 0.420 e. The van der Waals surface area contributed by atoms with E-state index in [0.29, 0.717) is 16.4 Å². The minimum absolute atomic E-state index is 0.166. The van der Waals surface area contributed by atoms with Crippen molar-refractivity contribution in [2.24, 2.45) is 5.41 Å². The van der Waals surface area contributed by atoms with Gasteiger partial charge in [-0.2, -0.15) is 0 Å². The zero-order valence-corrected chi connectivity index (χ0v) is 13.4. The van der Waals surface area contributed by atoms with Gasteiger partial charge in [-0.15, -0.1) is 17.5 Å². The van der Waals surface area contributed by atoms with Crippen molar-refractivity contribution in [1.29, 1.82) is 0 Å². The van der Waals surface area contributed by atoms with Gasteiger partial charge in [0.15, 0.2) is 0 Å². The second-order valence-electron chi connectivity index (χ2n) is 4.44. The Morgan fingerprint density at radius 1 is 1.40 bits per heavy atom. The van der Waals surface area contributed by atoms with Crippen molar-refractivity contribution in [2.45, 2.75) is 52.6 Å². The Kier molecular flexibility index (Phi) is 6.59. The molecule has 0 aromatic carbocycles. The average molecular weight is 247 g/mol. The van der Waals surface area contributed by atoms with E-state index in [1.807, 2.05) is 6.92 Å². The number of halogens is 1. The minimum atomic E-state index is -0.264. The Morgan fingerprint density at radius 3 is 2.33 bits per heavy atom. The van der Waals surface area contributed by atoms with E-state index in [1.165, 1.54) is 6.42 Å². The maximum atomic E-state index is 6.11. The van der Waals surface area contributed by atoms with E-state index < -0.39 is 0 Å². The summed E-state index contributed by atoms with van der Waals surface area (Å²) in [6, 6.07) is 0. The quantitative estimate of drug-likeness (QED) is 0.398. The van der Waals surface area contributed by atoms with Gasteiger partial charge in [0.1, 0.15) is 10.5 Å². The van der Waals surface area contributed by atoms with Gasteiger partial charge in [0.25, 0.3) is 0 Å². The Labute approximate surface area is 102 Å². The molecule has 0 bridgehead atoms. The average Bonchev–Trinajstić information content (AvgIpc) is 2.19. The monoisotopic (exact) mass is 246 g/mol. The normalized spacial score (nSPS) is 15.5. The molecule has 0 aromatic heterocycles. The molecule has 0 aliphatic heterocycles. The first-order valence-corrected chi connectivity index (χ1v) is 6.89. The molecule has 0 N–H and O–H groups in total. The van der Waals surface area contributed by atoms with Crippen LogP contribution in [0.5, 0.6) is 0 Å². The van der Waals surface area contributed by atoms with Crippen LogP contribution < -0.4 is 0 Å². The lowest BCUT2D eigenvalue weighted by Gasteiger charge is -2.42. The second-order valence-corrected chi connectivity index (χ2v) is 5.11. The summed E-state index contributed by atoms with van der Waals surface area (Å²) >= 11 is 6.11. The van der Waals surface area contributed by atoms with Gasteiger partial charge >= 0.3 is 0 Å². The van der Waals surface area contributed by atoms with E-state index in [1.54, 1.807) is 0 Å². The highest BCUT2D eigenvalue weighted by atomic mass is 35.5. The Balaban J connectivity index is 4.95. The first-order valence-electron chi connectivity index (χ1n) is 5.54. The summed E-state index contributed by atoms with van der Waals surface area (Å²) in [6.45, 7) is 8.30. The van der Waals surface area contributed by atoms with Gasteiger partial charge in [0.2, 0.25) is 0 Å². The molecule has 15 heavy (non-hydrogen) atoms. The highest BCUT2D eigenvalue weighted by Gasteiger charge is 2.42. The van der Waals surface area contributed by atoms with Crippen molar-refractivity contribution < 1.29 is 4.43 Å². The van der Waals surface area contributed by atoms with Gasteiger partial charge in [-0.3, -0.25) is 0 Å². The highest BCUT2D eigenvalue weighted by molar-refractivity contribution is 6.19. The van der Waals surface area contributed by atoms with Crippen LogP contribution in [0.4, 0.5) is 0 Å². The molecule has 0 aromatic rings. The standard InChI is InChI=1S/C12H23ClOSi/c1-5-7-9-12(10-13,14-15)11(3,4)8-6-2/h5,7,9-10H2,1-4,15H3.